The zero-order valence-corrected chi connectivity index (χ0v) is 12.2. The maximum atomic E-state index is 11.9. The molecule has 1 aromatic carbocycles. The first-order chi connectivity index (χ1) is 9.22. The number of hydrogen-bond donors (Lipinski definition) is 1. The molecule has 0 aliphatic carbocycles. The van der Waals surface area contributed by atoms with E-state index in [1.165, 1.54) is 0 Å². The summed E-state index contributed by atoms with van der Waals surface area (Å²) >= 11 is 3.29. The number of hydrogen-bond acceptors (Lipinski definition) is 3. The second-order valence-corrected chi connectivity index (χ2v) is 4.89. The number of halogens is 1. The van der Waals surface area contributed by atoms with E-state index in [0.29, 0.717) is 29.2 Å². The van der Waals surface area contributed by atoms with Gasteiger partial charge in [-0.1, -0.05) is 37.3 Å². The number of rotatable bonds is 5. The Morgan fingerprint density at radius 2 is 2.05 bits per heavy atom. The first kappa shape index (κ1) is 14.0. The summed E-state index contributed by atoms with van der Waals surface area (Å²) in [5.41, 5.74) is 1.35. The minimum atomic E-state index is -0.191. The van der Waals surface area contributed by atoms with Crippen molar-refractivity contribution in [2.24, 2.45) is 0 Å². The first-order valence-corrected chi connectivity index (χ1v) is 6.93. The molecule has 0 fully saturated rings. The van der Waals surface area contributed by atoms with Gasteiger partial charge >= 0.3 is 0 Å². The molecule has 100 valence electrons. The van der Waals surface area contributed by atoms with Crippen LogP contribution >= 0.6 is 15.9 Å². The van der Waals surface area contributed by atoms with E-state index in [-0.39, 0.29) is 5.56 Å². The van der Waals surface area contributed by atoms with Gasteiger partial charge in [0.1, 0.15) is 16.9 Å². The predicted octanol–water partition coefficient (Wildman–Crippen LogP) is 3.13. The van der Waals surface area contributed by atoms with Gasteiger partial charge in [-0.05, 0) is 22.4 Å². The van der Waals surface area contributed by atoms with Crippen LogP contribution in [0.4, 0.5) is 0 Å². The van der Waals surface area contributed by atoms with Crippen LogP contribution in [0.15, 0.2) is 39.6 Å². The van der Waals surface area contributed by atoms with Crippen LogP contribution < -0.4 is 5.56 Å². The van der Waals surface area contributed by atoms with Crippen molar-refractivity contribution in [3.8, 4) is 11.3 Å². The van der Waals surface area contributed by atoms with E-state index in [2.05, 4.69) is 25.9 Å². The quantitative estimate of drug-likeness (QED) is 0.860. The molecule has 1 aromatic heterocycles. The summed E-state index contributed by atoms with van der Waals surface area (Å²) in [6, 6.07) is 9.60. The Bertz CT molecular complexity index is 596. The van der Waals surface area contributed by atoms with Crippen LogP contribution in [-0.4, -0.2) is 16.6 Å². The van der Waals surface area contributed by atoms with E-state index in [0.717, 1.165) is 12.0 Å². The van der Waals surface area contributed by atoms with Crippen molar-refractivity contribution >= 4 is 15.9 Å². The molecule has 19 heavy (non-hydrogen) atoms. The van der Waals surface area contributed by atoms with Crippen LogP contribution in [0, 0.1) is 0 Å². The van der Waals surface area contributed by atoms with Crippen molar-refractivity contribution < 1.29 is 4.74 Å². The number of aromatic amines is 1. The molecule has 1 heterocycles. The summed E-state index contributed by atoms with van der Waals surface area (Å²) in [5.74, 6) is 0.542. The SMILES string of the molecule is CCCOCc1nc(-c2ccccc2)c(Br)c(=O)[nH]1. The van der Waals surface area contributed by atoms with E-state index in [1.54, 1.807) is 0 Å². The molecule has 2 rings (SSSR count). The molecule has 0 aliphatic rings. The highest BCUT2D eigenvalue weighted by Crippen LogP contribution is 2.22. The van der Waals surface area contributed by atoms with E-state index in [4.69, 9.17) is 4.74 Å². The van der Waals surface area contributed by atoms with Crippen LogP contribution in [0.1, 0.15) is 19.2 Å². The lowest BCUT2D eigenvalue weighted by Gasteiger charge is -2.07. The second-order valence-electron chi connectivity index (χ2n) is 4.09. The van der Waals surface area contributed by atoms with Crippen LogP contribution in [0.3, 0.4) is 0 Å². The molecule has 2 aromatic rings. The van der Waals surface area contributed by atoms with Crippen LogP contribution in [-0.2, 0) is 11.3 Å². The lowest BCUT2D eigenvalue weighted by Crippen LogP contribution is -2.15. The highest BCUT2D eigenvalue weighted by atomic mass is 79.9. The van der Waals surface area contributed by atoms with E-state index >= 15 is 0 Å². The molecular formula is C14H15BrN2O2. The maximum Gasteiger partial charge on any atom is 0.265 e. The van der Waals surface area contributed by atoms with Gasteiger partial charge in [0.2, 0.25) is 0 Å². The fourth-order valence-corrected chi connectivity index (χ4v) is 2.09. The minimum absolute atomic E-state index is 0.191. The molecule has 0 atom stereocenters. The summed E-state index contributed by atoms with van der Waals surface area (Å²) in [6.07, 6.45) is 0.937. The van der Waals surface area contributed by atoms with Crippen molar-refractivity contribution in [2.75, 3.05) is 6.61 Å². The monoisotopic (exact) mass is 322 g/mol. The van der Waals surface area contributed by atoms with Crippen molar-refractivity contribution in [3.63, 3.8) is 0 Å². The van der Waals surface area contributed by atoms with Gasteiger partial charge in [0, 0.05) is 12.2 Å². The Morgan fingerprint density at radius 1 is 1.32 bits per heavy atom. The largest absolute Gasteiger partial charge is 0.374 e. The Labute approximate surface area is 120 Å². The first-order valence-electron chi connectivity index (χ1n) is 6.14. The molecule has 0 amide bonds. The standard InChI is InChI=1S/C14H15BrN2O2/c1-2-8-19-9-11-16-13(12(15)14(18)17-11)10-6-4-3-5-7-10/h3-7H,2,8-9H2,1H3,(H,16,17,18). The van der Waals surface area contributed by atoms with Gasteiger partial charge in [0.05, 0.1) is 5.69 Å². The Morgan fingerprint density at radius 3 is 2.74 bits per heavy atom. The number of ether oxygens (including phenoxy) is 1. The molecule has 5 heteroatoms. The third-order valence-corrected chi connectivity index (χ3v) is 3.28. The number of benzene rings is 1. The smallest absolute Gasteiger partial charge is 0.265 e. The summed E-state index contributed by atoms with van der Waals surface area (Å²) in [5, 5.41) is 0. The van der Waals surface area contributed by atoms with Crippen molar-refractivity contribution in [1.29, 1.82) is 0 Å². The number of nitrogens with zero attached hydrogens (tertiary/aromatic N) is 1. The van der Waals surface area contributed by atoms with Gasteiger partial charge in [-0.2, -0.15) is 0 Å². The van der Waals surface area contributed by atoms with Gasteiger partial charge in [0.25, 0.3) is 5.56 Å². The van der Waals surface area contributed by atoms with Gasteiger partial charge in [-0.25, -0.2) is 4.98 Å². The average molecular weight is 323 g/mol. The zero-order chi connectivity index (χ0) is 13.7. The summed E-state index contributed by atoms with van der Waals surface area (Å²) < 4.78 is 5.85. The third kappa shape index (κ3) is 3.52. The maximum absolute atomic E-state index is 11.9. The van der Waals surface area contributed by atoms with Gasteiger partial charge < -0.3 is 9.72 Å². The van der Waals surface area contributed by atoms with Crippen molar-refractivity contribution in [2.45, 2.75) is 20.0 Å². The van der Waals surface area contributed by atoms with Crippen LogP contribution in [0.2, 0.25) is 0 Å². The topological polar surface area (TPSA) is 55.0 Å². The molecule has 0 saturated carbocycles. The number of aromatic nitrogens is 2. The van der Waals surface area contributed by atoms with Gasteiger partial charge in [-0.15, -0.1) is 0 Å². The Kier molecular flexibility index (Phi) is 4.87. The molecule has 0 aliphatic heterocycles. The summed E-state index contributed by atoms with van der Waals surface area (Å²) in [4.78, 5) is 19.0. The predicted molar refractivity (Wildman–Crippen MR) is 77.9 cm³/mol. The number of nitrogens with one attached hydrogen (secondary N) is 1. The summed E-state index contributed by atoms with van der Waals surface area (Å²) in [6.45, 7) is 3.00. The molecule has 0 unspecified atom stereocenters. The minimum Gasteiger partial charge on any atom is -0.374 e. The van der Waals surface area contributed by atoms with Crippen LogP contribution in [0.5, 0.6) is 0 Å². The highest BCUT2D eigenvalue weighted by molar-refractivity contribution is 9.10. The molecular weight excluding hydrogens is 308 g/mol. The van der Waals surface area contributed by atoms with E-state index in [1.807, 2.05) is 37.3 Å². The molecule has 0 spiro atoms. The van der Waals surface area contributed by atoms with Gasteiger partial charge in [0.15, 0.2) is 0 Å². The fraction of sp³-hybridized carbons (Fsp3) is 0.286. The number of H-pyrrole nitrogens is 1. The normalized spacial score (nSPS) is 10.6. The Hall–Kier alpha value is -1.46. The van der Waals surface area contributed by atoms with Gasteiger partial charge in [-0.3, -0.25) is 4.79 Å². The van der Waals surface area contributed by atoms with Crippen molar-refractivity contribution in [3.05, 3.63) is 51.0 Å². The molecule has 0 bridgehead atoms. The fourth-order valence-electron chi connectivity index (χ4n) is 1.67. The zero-order valence-electron chi connectivity index (χ0n) is 10.6. The third-order valence-electron chi connectivity index (χ3n) is 2.55. The van der Waals surface area contributed by atoms with E-state index < -0.39 is 0 Å². The van der Waals surface area contributed by atoms with Crippen molar-refractivity contribution in [1.82, 2.24) is 9.97 Å². The molecule has 0 saturated heterocycles. The van der Waals surface area contributed by atoms with Crippen LogP contribution in [0.25, 0.3) is 11.3 Å². The highest BCUT2D eigenvalue weighted by Gasteiger charge is 2.10. The second kappa shape index (κ2) is 6.63. The average Bonchev–Trinajstić information content (AvgIpc) is 2.44. The van der Waals surface area contributed by atoms with E-state index in [9.17, 15) is 4.79 Å². The Balaban J connectivity index is 2.35. The summed E-state index contributed by atoms with van der Waals surface area (Å²) in [7, 11) is 0. The molecule has 1 N–H and O–H groups in total. The molecule has 0 radical (unpaired) electrons. The lowest BCUT2D eigenvalue weighted by atomic mass is 10.1. The molecule has 4 nitrogen and oxygen atoms in total. The lowest BCUT2D eigenvalue weighted by molar-refractivity contribution is 0.116.